The van der Waals surface area contributed by atoms with Gasteiger partial charge in [0.1, 0.15) is 6.10 Å². The Bertz CT molecular complexity index is 1110. The number of nitrogens with zero attached hydrogens (tertiary/aromatic N) is 2. The van der Waals surface area contributed by atoms with Crippen molar-refractivity contribution >= 4 is 11.6 Å². The lowest BCUT2D eigenvalue weighted by Gasteiger charge is -2.24. The van der Waals surface area contributed by atoms with Crippen molar-refractivity contribution in [1.29, 1.82) is 0 Å². The zero-order chi connectivity index (χ0) is 20.0. The van der Waals surface area contributed by atoms with Gasteiger partial charge in [-0.1, -0.05) is 12.1 Å². The Kier molecular flexibility index (Phi) is 4.24. The zero-order valence-corrected chi connectivity index (χ0v) is 16.3. The molecule has 1 amide bonds. The van der Waals surface area contributed by atoms with E-state index in [4.69, 9.17) is 14.2 Å². The standard InChI is InChI=1S/C22H21N3O4/c1-13-3-5-16(7-14(13)2)23-22(26)18-9-17-11-27-21(10-25(17)24-18)15-4-6-19-20(8-15)29-12-28-19/h3-9,21H,10-12H2,1-2H3,(H,23,26). The van der Waals surface area contributed by atoms with Crippen molar-refractivity contribution in [2.24, 2.45) is 0 Å². The van der Waals surface area contributed by atoms with Crippen LogP contribution >= 0.6 is 0 Å². The summed E-state index contributed by atoms with van der Waals surface area (Å²) in [6.45, 7) is 5.23. The van der Waals surface area contributed by atoms with Crippen LogP contribution in [-0.4, -0.2) is 22.5 Å². The number of aryl methyl sites for hydroxylation is 2. The van der Waals surface area contributed by atoms with E-state index in [0.717, 1.165) is 34.0 Å². The highest BCUT2D eigenvalue weighted by Gasteiger charge is 2.26. The first-order valence-electron chi connectivity index (χ1n) is 9.53. The molecule has 7 nitrogen and oxygen atoms in total. The number of amides is 1. The van der Waals surface area contributed by atoms with E-state index in [1.54, 1.807) is 6.07 Å². The fourth-order valence-electron chi connectivity index (χ4n) is 3.57. The fourth-order valence-corrected chi connectivity index (χ4v) is 3.57. The number of fused-ring (bicyclic) bond motifs is 2. The van der Waals surface area contributed by atoms with E-state index in [2.05, 4.69) is 10.4 Å². The van der Waals surface area contributed by atoms with Crippen LogP contribution in [-0.2, 0) is 17.9 Å². The second-order valence-electron chi connectivity index (χ2n) is 7.37. The Balaban J connectivity index is 1.32. The lowest BCUT2D eigenvalue weighted by atomic mass is 10.1. The van der Waals surface area contributed by atoms with Crippen molar-refractivity contribution in [1.82, 2.24) is 9.78 Å². The summed E-state index contributed by atoms with van der Waals surface area (Å²) in [5.74, 6) is 1.25. The van der Waals surface area contributed by atoms with Gasteiger partial charge in [0, 0.05) is 5.69 Å². The summed E-state index contributed by atoms with van der Waals surface area (Å²) in [7, 11) is 0. The number of hydrogen-bond acceptors (Lipinski definition) is 5. The van der Waals surface area contributed by atoms with Crippen LogP contribution in [0, 0.1) is 13.8 Å². The van der Waals surface area contributed by atoms with Crippen molar-refractivity contribution in [3.63, 3.8) is 0 Å². The molecule has 148 valence electrons. The monoisotopic (exact) mass is 391 g/mol. The highest BCUT2D eigenvalue weighted by molar-refractivity contribution is 6.03. The molecule has 0 aliphatic carbocycles. The molecule has 1 atom stereocenters. The number of carbonyl (C=O) groups is 1. The van der Waals surface area contributed by atoms with Gasteiger partial charge in [-0.15, -0.1) is 0 Å². The SMILES string of the molecule is Cc1ccc(NC(=O)c2cc3n(n2)CC(c2ccc4c(c2)OCO4)OC3)cc1C. The van der Waals surface area contributed by atoms with E-state index in [1.165, 1.54) is 5.56 Å². The Morgan fingerprint density at radius 3 is 2.79 bits per heavy atom. The van der Waals surface area contributed by atoms with Gasteiger partial charge in [-0.3, -0.25) is 9.48 Å². The molecule has 7 heteroatoms. The number of aromatic nitrogens is 2. The Hall–Kier alpha value is -3.32. The summed E-state index contributed by atoms with van der Waals surface area (Å²) in [5, 5.41) is 7.42. The lowest BCUT2D eigenvalue weighted by Crippen LogP contribution is -2.22. The molecule has 2 aromatic carbocycles. The van der Waals surface area contributed by atoms with E-state index in [-0.39, 0.29) is 18.8 Å². The topological polar surface area (TPSA) is 74.6 Å². The number of anilines is 1. The van der Waals surface area contributed by atoms with E-state index in [1.807, 2.05) is 54.9 Å². The maximum Gasteiger partial charge on any atom is 0.276 e. The third kappa shape index (κ3) is 3.34. The quantitative estimate of drug-likeness (QED) is 0.736. The minimum Gasteiger partial charge on any atom is -0.454 e. The van der Waals surface area contributed by atoms with Gasteiger partial charge in [0.05, 0.1) is 18.8 Å². The van der Waals surface area contributed by atoms with E-state index >= 15 is 0 Å². The van der Waals surface area contributed by atoms with Gasteiger partial charge in [0.2, 0.25) is 6.79 Å². The molecule has 3 aromatic rings. The van der Waals surface area contributed by atoms with Crippen LogP contribution in [0.4, 0.5) is 5.69 Å². The predicted molar refractivity (Wildman–Crippen MR) is 106 cm³/mol. The van der Waals surface area contributed by atoms with Crippen molar-refractivity contribution < 1.29 is 19.0 Å². The number of rotatable bonds is 3. The molecule has 1 N–H and O–H groups in total. The molecule has 29 heavy (non-hydrogen) atoms. The van der Waals surface area contributed by atoms with Crippen LogP contribution in [0.3, 0.4) is 0 Å². The van der Waals surface area contributed by atoms with Gasteiger partial charge >= 0.3 is 0 Å². The summed E-state index contributed by atoms with van der Waals surface area (Å²) in [5.41, 5.74) is 5.34. The van der Waals surface area contributed by atoms with E-state index in [0.29, 0.717) is 18.8 Å². The maximum atomic E-state index is 12.6. The van der Waals surface area contributed by atoms with Gasteiger partial charge in [0.15, 0.2) is 17.2 Å². The molecular weight excluding hydrogens is 370 g/mol. The van der Waals surface area contributed by atoms with E-state index in [9.17, 15) is 4.79 Å². The number of ether oxygens (including phenoxy) is 3. The Morgan fingerprint density at radius 2 is 1.93 bits per heavy atom. The molecule has 5 rings (SSSR count). The third-order valence-corrected chi connectivity index (χ3v) is 5.40. The van der Waals surface area contributed by atoms with Crippen LogP contribution in [0.15, 0.2) is 42.5 Å². The molecule has 0 saturated heterocycles. The molecule has 2 aliphatic rings. The van der Waals surface area contributed by atoms with E-state index < -0.39 is 0 Å². The molecule has 0 saturated carbocycles. The number of nitrogens with one attached hydrogen (secondary N) is 1. The lowest BCUT2D eigenvalue weighted by molar-refractivity contribution is -0.00127. The van der Waals surface area contributed by atoms with Crippen LogP contribution in [0.25, 0.3) is 0 Å². The molecule has 0 fully saturated rings. The minimum atomic E-state index is -0.227. The second-order valence-corrected chi connectivity index (χ2v) is 7.37. The first-order valence-corrected chi connectivity index (χ1v) is 9.53. The van der Waals surface area contributed by atoms with Gasteiger partial charge in [-0.25, -0.2) is 0 Å². The van der Waals surface area contributed by atoms with Gasteiger partial charge in [-0.05, 0) is 60.9 Å². The highest BCUT2D eigenvalue weighted by atomic mass is 16.7. The Labute approximate surface area is 168 Å². The average Bonchev–Trinajstić information content (AvgIpc) is 3.36. The van der Waals surface area contributed by atoms with Crippen LogP contribution < -0.4 is 14.8 Å². The number of benzene rings is 2. The number of hydrogen-bond donors (Lipinski definition) is 1. The van der Waals surface area contributed by atoms with Crippen molar-refractivity contribution in [2.75, 3.05) is 12.1 Å². The second kappa shape index (κ2) is 6.93. The predicted octanol–water partition coefficient (Wildman–Crippen LogP) is 3.75. The molecule has 1 aromatic heterocycles. The summed E-state index contributed by atoms with van der Waals surface area (Å²) < 4.78 is 18.7. The first kappa shape index (κ1) is 17.8. The summed E-state index contributed by atoms with van der Waals surface area (Å²) in [4.78, 5) is 12.6. The third-order valence-electron chi connectivity index (χ3n) is 5.40. The zero-order valence-electron chi connectivity index (χ0n) is 16.3. The normalized spacial score (nSPS) is 17.1. The molecule has 0 spiro atoms. The van der Waals surface area contributed by atoms with Gasteiger partial charge in [0.25, 0.3) is 5.91 Å². The minimum absolute atomic E-state index is 0.160. The molecular formula is C22H21N3O4. The van der Waals surface area contributed by atoms with Crippen molar-refractivity contribution in [3.8, 4) is 11.5 Å². The molecule has 1 unspecified atom stereocenters. The largest absolute Gasteiger partial charge is 0.454 e. The molecule has 0 radical (unpaired) electrons. The smallest absolute Gasteiger partial charge is 0.276 e. The van der Waals surface area contributed by atoms with Crippen molar-refractivity contribution in [3.05, 3.63) is 70.5 Å². The number of carbonyl (C=O) groups excluding carboxylic acids is 1. The average molecular weight is 391 g/mol. The summed E-state index contributed by atoms with van der Waals surface area (Å²) in [6.07, 6.45) is -0.160. The molecule has 3 heterocycles. The van der Waals surface area contributed by atoms with Crippen LogP contribution in [0.2, 0.25) is 0 Å². The van der Waals surface area contributed by atoms with Gasteiger partial charge in [-0.2, -0.15) is 5.10 Å². The summed E-state index contributed by atoms with van der Waals surface area (Å²) in [6, 6.07) is 13.4. The molecule has 0 bridgehead atoms. The fraction of sp³-hybridized carbons (Fsp3) is 0.273. The Morgan fingerprint density at radius 1 is 1.07 bits per heavy atom. The highest BCUT2D eigenvalue weighted by Crippen LogP contribution is 2.36. The summed E-state index contributed by atoms with van der Waals surface area (Å²) >= 11 is 0. The van der Waals surface area contributed by atoms with Crippen LogP contribution in [0.1, 0.15) is 39.0 Å². The molecule has 2 aliphatic heterocycles. The first-order chi connectivity index (χ1) is 14.1. The van der Waals surface area contributed by atoms with Crippen LogP contribution in [0.5, 0.6) is 11.5 Å². The van der Waals surface area contributed by atoms with Crippen molar-refractivity contribution in [2.45, 2.75) is 33.1 Å². The van der Waals surface area contributed by atoms with Gasteiger partial charge < -0.3 is 19.5 Å². The maximum absolute atomic E-state index is 12.6.